The smallest absolute Gasteiger partial charge is 0.309 e. The van der Waals surface area contributed by atoms with E-state index in [1.807, 2.05) is 13.8 Å². The number of nitrogens with one attached hydrogen (secondary N) is 1. The second kappa shape index (κ2) is 7.99. The molecule has 2 heterocycles. The highest BCUT2D eigenvalue weighted by Crippen LogP contribution is 2.46. The second-order valence-electron chi connectivity index (χ2n) is 10.3. The fourth-order valence-corrected chi connectivity index (χ4v) is 5.81. The minimum atomic E-state index is -0.930. The van der Waals surface area contributed by atoms with Gasteiger partial charge in [0.1, 0.15) is 0 Å². The van der Waals surface area contributed by atoms with Gasteiger partial charge in [-0.2, -0.15) is 0 Å². The molecule has 2 N–H and O–H groups in total. The predicted octanol–water partition coefficient (Wildman–Crippen LogP) is 6.25. The van der Waals surface area contributed by atoms with Gasteiger partial charge in [-0.1, -0.05) is 66.1 Å². The second-order valence-corrected chi connectivity index (χ2v) is 11.4. The molecule has 0 bridgehead atoms. The first-order chi connectivity index (χ1) is 16.7. The van der Waals surface area contributed by atoms with E-state index in [0.29, 0.717) is 7.48 Å². The maximum absolute atomic E-state index is 10.4. The summed E-state index contributed by atoms with van der Waals surface area (Å²) in [4.78, 5) is 0. The number of ether oxygens (including phenoxy) is 1. The fourth-order valence-electron chi connectivity index (χ4n) is 4.51. The molecule has 4 nitrogen and oxygen atoms in total. The summed E-state index contributed by atoms with van der Waals surface area (Å²) in [5.41, 5.74) is 1.68. The average molecular weight is 481 g/mol. The zero-order chi connectivity index (χ0) is 24.4. The molecule has 0 radical (unpaired) electrons. The number of benzene rings is 4. The van der Waals surface area contributed by atoms with Crippen LogP contribution in [0.2, 0.25) is 0 Å². The molecule has 6 rings (SSSR count). The molecular weight excluding hydrogens is 453 g/mol. The highest BCUT2D eigenvalue weighted by atomic mass is 32.1. The third-order valence-corrected chi connectivity index (χ3v) is 8.57. The standard InChI is InChI=1S/C29H28BNO3S/c1-28(2,32)29(3,4)34-30-18-13-14-20-21-10-7-11-22(26(21)35-24(20)16-18)27-31-23-15-12-17-8-5-6-9-19(17)25(23)33-27/h5-16,27,30-32H,1-4H3. The van der Waals surface area contributed by atoms with Gasteiger partial charge in [0.2, 0.25) is 0 Å². The lowest BCUT2D eigenvalue weighted by Gasteiger charge is -2.37. The van der Waals surface area contributed by atoms with Crippen molar-refractivity contribution in [2.75, 3.05) is 5.32 Å². The van der Waals surface area contributed by atoms with Crippen molar-refractivity contribution in [3.8, 4) is 5.75 Å². The molecule has 176 valence electrons. The van der Waals surface area contributed by atoms with Crippen LogP contribution in [-0.2, 0) is 4.65 Å². The van der Waals surface area contributed by atoms with Gasteiger partial charge in [0, 0.05) is 31.1 Å². The molecule has 1 unspecified atom stereocenters. The Morgan fingerprint density at radius 2 is 1.71 bits per heavy atom. The van der Waals surface area contributed by atoms with Gasteiger partial charge in [0.05, 0.1) is 16.9 Å². The van der Waals surface area contributed by atoms with Crippen LogP contribution in [0.15, 0.2) is 72.8 Å². The Morgan fingerprint density at radius 1 is 0.914 bits per heavy atom. The number of anilines is 1. The van der Waals surface area contributed by atoms with Crippen LogP contribution in [0.1, 0.15) is 39.5 Å². The molecule has 0 saturated heterocycles. The molecule has 1 aromatic heterocycles. The van der Waals surface area contributed by atoms with E-state index < -0.39 is 11.2 Å². The highest BCUT2D eigenvalue weighted by Gasteiger charge is 2.35. The molecule has 0 amide bonds. The molecule has 0 aliphatic carbocycles. The molecule has 0 spiro atoms. The number of aliphatic hydroxyl groups is 1. The lowest BCUT2D eigenvalue weighted by Crippen LogP contribution is -2.49. The molecule has 1 aliphatic heterocycles. The first-order valence-electron chi connectivity index (χ1n) is 12.0. The van der Waals surface area contributed by atoms with Gasteiger partial charge in [-0.05, 0) is 45.2 Å². The number of hydrogen-bond donors (Lipinski definition) is 2. The van der Waals surface area contributed by atoms with Gasteiger partial charge in [-0.25, -0.2) is 0 Å². The third-order valence-electron chi connectivity index (χ3n) is 7.35. The number of fused-ring (bicyclic) bond motifs is 6. The van der Waals surface area contributed by atoms with Gasteiger partial charge in [-0.3, -0.25) is 0 Å². The molecule has 4 aromatic carbocycles. The zero-order valence-electron chi connectivity index (χ0n) is 20.4. The van der Waals surface area contributed by atoms with Crippen molar-refractivity contribution in [3.05, 3.63) is 78.4 Å². The monoisotopic (exact) mass is 481 g/mol. The number of hydrogen-bond acceptors (Lipinski definition) is 5. The van der Waals surface area contributed by atoms with Crippen LogP contribution >= 0.6 is 11.3 Å². The van der Waals surface area contributed by atoms with Gasteiger partial charge < -0.3 is 19.8 Å². The first-order valence-corrected chi connectivity index (χ1v) is 12.8. The summed E-state index contributed by atoms with van der Waals surface area (Å²) >= 11 is 1.79. The molecule has 6 heteroatoms. The number of thiophene rings is 1. The predicted molar refractivity (Wildman–Crippen MR) is 149 cm³/mol. The van der Waals surface area contributed by atoms with Crippen molar-refractivity contribution in [1.29, 1.82) is 0 Å². The van der Waals surface area contributed by atoms with Crippen molar-refractivity contribution >= 4 is 60.9 Å². The van der Waals surface area contributed by atoms with Crippen molar-refractivity contribution in [3.63, 3.8) is 0 Å². The Kier molecular flexibility index (Phi) is 5.11. The Hall–Kier alpha value is -3.06. The normalized spacial score (nSPS) is 15.9. The van der Waals surface area contributed by atoms with E-state index in [1.165, 1.54) is 25.6 Å². The summed E-state index contributed by atoms with van der Waals surface area (Å²) in [5.74, 6) is 0.917. The zero-order valence-corrected chi connectivity index (χ0v) is 21.2. The third kappa shape index (κ3) is 3.77. The first kappa shape index (κ1) is 22.4. The molecule has 35 heavy (non-hydrogen) atoms. The average Bonchev–Trinajstić information content (AvgIpc) is 3.43. The fraction of sp³-hybridized carbons (Fsp3) is 0.241. The Bertz CT molecular complexity index is 1580. The summed E-state index contributed by atoms with van der Waals surface area (Å²) in [6, 6.07) is 25.5. The van der Waals surface area contributed by atoms with Crippen molar-refractivity contribution < 1.29 is 14.5 Å². The summed E-state index contributed by atoms with van der Waals surface area (Å²) in [6.07, 6.45) is -0.233. The van der Waals surface area contributed by atoms with E-state index in [-0.39, 0.29) is 6.23 Å². The minimum absolute atomic E-state index is 0.233. The Labute approximate surface area is 209 Å². The van der Waals surface area contributed by atoms with Crippen molar-refractivity contribution in [1.82, 2.24) is 0 Å². The maximum atomic E-state index is 10.4. The molecule has 0 fully saturated rings. The summed E-state index contributed by atoms with van der Waals surface area (Å²) in [7, 11) is 0.448. The highest BCUT2D eigenvalue weighted by molar-refractivity contribution is 7.26. The van der Waals surface area contributed by atoms with E-state index in [1.54, 1.807) is 25.2 Å². The SMILES string of the molecule is CC(C)(O)C(C)(C)OBc1ccc2c(c1)sc1c(C3Nc4ccc5ccccc5c4O3)cccc12. The van der Waals surface area contributed by atoms with Crippen LogP contribution in [0.25, 0.3) is 30.9 Å². The topological polar surface area (TPSA) is 50.7 Å². The van der Waals surface area contributed by atoms with Gasteiger partial charge in [0.25, 0.3) is 0 Å². The van der Waals surface area contributed by atoms with Crippen LogP contribution in [-0.4, -0.2) is 23.8 Å². The quantitative estimate of drug-likeness (QED) is 0.291. The van der Waals surface area contributed by atoms with Crippen LogP contribution in [0.5, 0.6) is 5.75 Å². The van der Waals surface area contributed by atoms with E-state index in [2.05, 4.69) is 78.1 Å². The van der Waals surface area contributed by atoms with E-state index in [0.717, 1.165) is 27.8 Å². The summed E-state index contributed by atoms with van der Waals surface area (Å²) < 4.78 is 15.0. The lowest BCUT2D eigenvalue weighted by molar-refractivity contribution is -0.0893. The molecule has 0 saturated carbocycles. The largest absolute Gasteiger partial charge is 0.464 e. The maximum Gasteiger partial charge on any atom is 0.309 e. The van der Waals surface area contributed by atoms with Gasteiger partial charge in [0.15, 0.2) is 12.0 Å². The van der Waals surface area contributed by atoms with Crippen LogP contribution < -0.4 is 15.5 Å². The minimum Gasteiger partial charge on any atom is -0.464 e. The lowest BCUT2D eigenvalue weighted by atomic mass is 9.82. The van der Waals surface area contributed by atoms with Gasteiger partial charge >= 0.3 is 7.48 Å². The number of rotatable bonds is 5. The molecule has 1 atom stereocenters. The van der Waals surface area contributed by atoms with Gasteiger partial charge in [-0.15, -0.1) is 11.3 Å². The van der Waals surface area contributed by atoms with Crippen LogP contribution in [0.4, 0.5) is 5.69 Å². The van der Waals surface area contributed by atoms with E-state index in [9.17, 15) is 5.11 Å². The van der Waals surface area contributed by atoms with E-state index in [4.69, 9.17) is 9.39 Å². The molecular formula is C29H28BNO3S. The van der Waals surface area contributed by atoms with Crippen LogP contribution in [0, 0.1) is 0 Å². The van der Waals surface area contributed by atoms with Crippen molar-refractivity contribution in [2.45, 2.75) is 45.1 Å². The van der Waals surface area contributed by atoms with Crippen molar-refractivity contribution in [2.24, 2.45) is 0 Å². The molecule has 1 aliphatic rings. The summed E-state index contributed by atoms with van der Waals surface area (Å²) in [5, 5.41) is 18.8. The Morgan fingerprint density at radius 3 is 2.54 bits per heavy atom. The Balaban J connectivity index is 1.34. The van der Waals surface area contributed by atoms with E-state index >= 15 is 0 Å². The van der Waals surface area contributed by atoms with Crippen LogP contribution in [0.3, 0.4) is 0 Å². The molecule has 5 aromatic rings. The summed E-state index contributed by atoms with van der Waals surface area (Å²) in [6.45, 7) is 7.41.